The number of benzene rings is 1. The van der Waals surface area contributed by atoms with Crippen LogP contribution < -0.4 is 11.1 Å². The highest BCUT2D eigenvalue weighted by atomic mass is 35.5. The highest BCUT2D eigenvalue weighted by Gasteiger charge is 2.34. The average Bonchev–Trinajstić information content (AvgIpc) is 3.17. The first kappa shape index (κ1) is 23.2. The van der Waals surface area contributed by atoms with Gasteiger partial charge in [0.25, 0.3) is 0 Å². The average molecular weight is 431 g/mol. The monoisotopic (exact) mass is 430 g/mol. The largest absolute Gasteiger partial charge is 0.416 e. The van der Waals surface area contributed by atoms with Crippen LogP contribution >= 0.6 is 12.4 Å². The molecule has 1 heterocycles. The van der Waals surface area contributed by atoms with Crippen molar-refractivity contribution >= 4 is 18.3 Å². The smallest absolute Gasteiger partial charge is 0.352 e. The number of amides is 1. The number of nitrogens with two attached hydrogens (primary N) is 1. The molecule has 1 fully saturated rings. The standard InChI is InChI=1S/C20H25F3N4O.ClH/c1-12-8-13(2)27(26-12)16-7-6-15(17(10-16)20(21,22)23)11-25-19(28)9-14-4-3-5-18(14)24;/h6-8,10,14,18H,3-5,9,11,24H2,1-2H3,(H,25,28);1H/t14-,18+;/m0./s1. The van der Waals surface area contributed by atoms with Crippen LogP contribution in [0.15, 0.2) is 24.3 Å². The van der Waals surface area contributed by atoms with Crippen LogP contribution in [0.25, 0.3) is 5.69 Å². The van der Waals surface area contributed by atoms with Crippen molar-refractivity contribution < 1.29 is 18.0 Å². The maximum atomic E-state index is 13.6. The number of nitrogens with zero attached hydrogens (tertiary/aromatic N) is 2. The molecule has 0 radical (unpaired) electrons. The van der Waals surface area contributed by atoms with E-state index in [1.807, 2.05) is 0 Å². The molecule has 29 heavy (non-hydrogen) atoms. The molecule has 2 aromatic rings. The number of hydrogen-bond acceptors (Lipinski definition) is 3. The maximum absolute atomic E-state index is 13.6. The molecule has 3 N–H and O–H groups in total. The minimum atomic E-state index is -4.53. The van der Waals surface area contributed by atoms with E-state index in [0.29, 0.717) is 5.69 Å². The number of rotatable bonds is 5. The van der Waals surface area contributed by atoms with Gasteiger partial charge in [0.05, 0.1) is 16.9 Å². The van der Waals surface area contributed by atoms with Gasteiger partial charge >= 0.3 is 6.18 Å². The van der Waals surface area contributed by atoms with E-state index in [9.17, 15) is 18.0 Å². The molecule has 3 rings (SSSR count). The molecule has 1 aliphatic rings. The van der Waals surface area contributed by atoms with Crippen molar-refractivity contribution in [2.24, 2.45) is 11.7 Å². The van der Waals surface area contributed by atoms with E-state index in [-0.39, 0.29) is 48.8 Å². The third kappa shape index (κ3) is 5.51. The molecule has 0 bridgehead atoms. The molecule has 0 unspecified atom stereocenters. The third-order valence-corrected chi connectivity index (χ3v) is 5.29. The molecule has 2 atom stereocenters. The number of carbonyl (C=O) groups is 1. The van der Waals surface area contributed by atoms with Crippen LogP contribution in [0.3, 0.4) is 0 Å². The Morgan fingerprint density at radius 2 is 2.00 bits per heavy atom. The summed E-state index contributed by atoms with van der Waals surface area (Å²) in [6.07, 6.45) is -1.50. The Bertz CT molecular complexity index is 866. The van der Waals surface area contributed by atoms with Gasteiger partial charge in [-0.2, -0.15) is 18.3 Å². The summed E-state index contributed by atoms with van der Waals surface area (Å²) >= 11 is 0. The van der Waals surface area contributed by atoms with Crippen LogP contribution in [-0.2, 0) is 17.5 Å². The first-order valence-corrected chi connectivity index (χ1v) is 9.41. The van der Waals surface area contributed by atoms with Crippen molar-refractivity contribution in [3.63, 3.8) is 0 Å². The Labute approximate surface area is 174 Å². The highest BCUT2D eigenvalue weighted by molar-refractivity contribution is 5.85. The summed E-state index contributed by atoms with van der Waals surface area (Å²) in [4.78, 5) is 12.2. The first-order chi connectivity index (χ1) is 13.1. The van der Waals surface area contributed by atoms with Crippen molar-refractivity contribution in [3.05, 3.63) is 46.8 Å². The minimum Gasteiger partial charge on any atom is -0.352 e. The molecule has 9 heteroatoms. The lowest BCUT2D eigenvalue weighted by Crippen LogP contribution is -2.31. The zero-order valence-electron chi connectivity index (χ0n) is 16.4. The van der Waals surface area contributed by atoms with E-state index in [0.717, 1.165) is 36.7 Å². The number of hydrogen-bond donors (Lipinski definition) is 2. The molecule has 1 aromatic heterocycles. The summed E-state index contributed by atoms with van der Waals surface area (Å²) in [5.41, 5.74) is 7.04. The number of halogens is 4. The van der Waals surface area contributed by atoms with Gasteiger partial charge in [-0.05, 0) is 56.4 Å². The minimum absolute atomic E-state index is 0. The molecule has 0 saturated heterocycles. The Hall–Kier alpha value is -2.06. The van der Waals surface area contributed by atoms with Gasteiger partial charge in [0.2, 0.25) is 5.91 Å². The topological polar surface area (TPSA) is 72.9 Å². The second-order valence-electron chi connectivity index (χ2n) is 7.51. The van der Waals surface area contributed by atoms with Gasteiger partial charge in [-0.15, -0.1) is 12.4 Å². The van der Waals surface area contributed by atoms with E-state index < -0.39 is 11.7 Å². The zero-order chi connectivity index (χ0) is 20.5. The van der Waals surface area contributed by atoms with Gasteiger partial charge in [-0.25, -0.2) is 4.68 Å². The Balaban J connectivity index is 0.00000300. The van der Waals surface area contributed by atoms with Crippen LogP contribution in [0.4, 0.5) is 13.2 Å². The fraction of sp³-hybridized carbons (Fsp3) is 0.500. The molecule has 0 spiro atoms. The van der Waals surface area contributed by atoms with E-state index in [1.54, 1.807) is 26.0 Å². The molecule has 1 amide bonds. The number of nitrogens with one attached hydrogen (secondary N) is 1. The summed E-state index contributed by atoms with van der Waals surface area (Å²) in [6, 6.07) is 5.86. The van der Waals surface area contributed by atoms with Crippen LogP contribution in [0.1, 0.15) is 48.2 Å². The van der Waals surface area contributed by atoms with Crippen LogP contribution in [0.5, 0.6) is 0 Å². The predicted molar refractivity (Wildman–Crippen MR) is 107 cm³/mol. The van der Waals surface area contributed by atoms with Gasteiger partial charge in [-0.3, -0.25) is 4.79 Å². The summed E-state index contributed by atoms with van der Waals surface area (Å²) in [7, 11) is 0. The fourth-order valence-corrected chi connectivity index (χ4v) is 3.83. The van der Waals surface area contributed by atoms with E-state index in [2.05, 4.69) is 10.4 Å². The second kappa shape index (κ2) is 9.17. The summed E-state index contributed by atoms with van der Waals surface area (Å²) < 4.78 is 42.3. The van der Waals surface area contributed by atoms with Crippen molar-refractivity contribution in [2.75, 3.05) is 0 Å². The molecule has 5 nitrogen and oxygen atoms in total. The van der Waals surface area contributed by atoms with Gasteiger partial charge < -0.3 is 11.1 Å². The summed E-state index contributed by atoms with van der Waals surface area (Å²) in [6.45, 7) is 3.40. The van der Waals surface area contributed by atoms with Gasteiger partial charge in [0, 0.05) is 24.7 Å². The van der Waals surface area contributed by atoms with Crippen molar-refractivity contribution in [1.82, 2.24) is 15.1 Å². The molecule has 1 aliphatic carbocycles. The second-order valence-corrected chi connectivity index (χ2v) is 7.51. The quantitative estimate of drug-likeness (QED) is 0.751. The first-order valence-electron chi connectivity index (χ1n) is 9.41. The molecule has 0 aliphatic heterocycles. The predicted octanol–water partition coefficient (Wildman–Crippen LogP) is 4.06. The Morgan fingerprint density at radius 3 is 2.55 bits per heavy atom. The molecule has 1 aromatic carbocycles. The number of aromatic nitrogens is 2. The number of aryl methyl sites for hydroxylation is 2. The lowest BCUT2D eigenvalue weighted by Gasteiger charge is -2.17. The number of carbonyl (C=O) groups excluding carboxylic acids is 1. The highest BCUT2D eigenvalue weighted by Crippen LogP contribution is 2.34. The van der Waals surface area contributed by atoms with E-state index in [4.69, 9.17) is 5.73 Å². The van der Waals surface area contributed by atoms with Crippen molar-refractivity contribution in [1.29, 1.82) is 0 Å². The molecular weight excluding hydrogens is 405 g/mol. The molecular formula is C20H26ClF3N4O. The number of alkyl halides is 3. The van der Waals surface area contributed by atoms with Gasteiger partial charge in [0.1, 0.15) is 0 Å². The van der Waals surface area contributed by atoms with Gasteiger partial charge in [-0.1, -0.05) is 12.5 Å². The van der Waals surface area contributed by atoms with Crippen molar-refractivity contribution in [2.45, 2.75) is 58.3 Å². The third-order valence-electron chi connectivity index (χ3n) is 5.29. The van der Waals surface area contributed by atoms with Crippen LogP contribution in [0.2, 0.25) is 0 Å². The van der Waals surface area contributed by atoms with Crippen molar-refractivity contribution in [3.8, 4) is 5.69 Å². The SMILES string of the molecule is Cc1cc(C)n(-c2ccc(CNC(=O)C[C@@H]3CCC[C@H]3N)c(C(F)(F)F)c2)n1.Cl. The van der Waals surface area contributed by atoms with Gasteiger partial charge in [0.15, 0.2) is 0 Å². The maximum Gasteiger partial charge on any atom is 0.416 e. The summed E-state index contributed by atoms with van der Waals surface area (Å²) in [5.74, 6) is -0.159. The molecule has 160 valence electrons. The zero-order valence-corrected chi connectivity index (χ0v) is 17.2. The Morgan fingerprint density at radius 1 is 1.28 bits per heavy atom. The normalized spacial score (nSPS) is 19.1. The van der Waals surface area contributed by atoms with E-state index >= 15 is 0 Å². The van der Waals surface area contributed by atoms with E-state index in [1.165, 1.54) is 10.7 Å². The van der Waals surface area contributed by atoms with Crippen LogP contribution in [-0.4, -0.2) is 21.7 Å². The van der Waals surface area contributed by atoms with Crippen LogP contribution in [0, 0.1) is 19.8 Å². The lowest BCUT2D eigenvalue weighted by atomic mass is 9.99. The molecule has 1 saturated carbocycles. The lowest BCUT2D eigenvalue weighted by molar-refractivity contribution is -0.138. The fourth-order valence-electron chi connectivity index (χ4n) is 3.83. The Kier molecular flexibility index (Phi) is 7.35. The summed E-state index contributed by atoms with van der Waals surface area (Å²) in [5, 5.41) is 6.86.